The van der Waals surface area contributed by atoms with Crippen LogP contribution in [0.1, 0.15) is 72.1 Å². The van der Waals surface area contributed by atoms with E-state index in [1.54, 1.807) is 0 Å². The average Bonchev–Trinajstić information content (AvgIpc) is 3.39. The van der Waals surface area contributed by atoms with Crippen LogP contribution in [0.4, 0.5) is 20.6 Å². The number of rotatable bonds is 3. The van der Waals surface area contributed by atoms with Gasteiger partial charge in [0.2, 0.25) is 0 Å². The van der Waals surface area contributed by atoms with Crippen LogP contribution in [0.15, 0.2) is 18.2 Å². The van der Waals surface area contributed by atoms with E-state index in [4.69, 9.17) is 10.5 Å². The first-order chi connectivity index (χ1) is 19.9. The van der Waals surface area contributed by atoms with Crippen molar-refractivity contribution in [2.24, 2.45) is 0 Å². The predicted octanol–water partition coefficient (Wildman–Crippen LogP) is 5.07. The molecule has 220 valence electrons. The molecule has 3 unspecified atom stereocenters. The van der Waals surface area contributed by atoms with Gasteiger partial charge in [-0.15, -0.1) is 11.3 Å². The Labute approximate surface area is 248 Å². The number of ether oxygens (including phenoxy) is 1. The van der Waals surface area contributed by atoms with Crippen molar-refractivity contribution in [3.05, 3.63) is 51.3 Å². The average molecular weight is 591 g/mol. The Morgan fingerprint density at radius 3 is 2.57 bits per heavy atom. The fourth-order valence-electron chi connectivity index (χ4n) is 6.61. The van der Waals surface area contributed by atoms with Crippen LogP contribution in [-0.4, -0.2) is 58.7 Å². The summed E-state index contributed by atoms with van der Waals surface area (Å²) in [7, 11) is 0. The van der Waals surface area contributed by atoms with Gasteiger partial charge in [0.15, 0.2) is 0 Å². The van der Waals surface area contributed by atoms with Crippen molar-refractivity contribution in [2.45, 2.75) is 83.5 Å². The second-order valence-electron chi connectivity index (χ2n) is 12.6. The minimum atomic E-state index is -0.582. The lowest BCUT2D eigenvalue weighted by molar-refractivity contribution is 0.0123. The second-order valence-corrected chi connectivity index (χ2v) is 13.6. The van der Waals surface area contributed by atoms with Crippen LogP contribution < -0.4 is 16.0 Å². The minimum absolute atomic E-state index is 0.0516. The van der Waals surface area contributed by atoms with Crippen molar-refractivity contribution in [2.75, 3.05) is 23.7 Å². The van der Waals surface area contributed by atoms with Crippen molar-refractivity contribution in [3.8, 4) is 6.07 Å². The highest BCUT2D eigenvalue weighted by Crippen LogP contribution is 2.39. The van der Waals surface area contributed by atoms with E-state index in [1.807, 2.05) is 44.7 Å². The van der Waals surface area contributed by atoms with Gasteiger partial charge in [-0.05, 0) is 89.1 Å². The molecular formula is C31H35FN6O3S. The normalized spacial score (nSPS) is 21.7. The third-order valence-corrected chi connectivity index (χ3v) is 9.59. The molecule has 11 heteroatoms. The SMILES string of the molecule is Cc1ccc2c(N)c(C(=O)NC3CCc4c(C#N)c(N5CC6CCC(C5)N6C(=O)OC(C)(C)C)cc(F)c4C3)sc2n1. The monoisotopic (exact) mass is 590 g/mol. The number of nitrogens with one attached hydrogen (secondary N) is 1. The Kier molecular flexibility index (Phi) is 7.00. The molecule has 0 radical (unpaired) electrons. The number of nitrogens with zero attached hydrogens (tertiary/aromatic N) is 4. The molecule has 9 nitrogen and oxygen atoms in total. The molecule has 0 spiro atoms. The van der Waals surface area contributed by atoms with E-state index in [2.05, 4.69) is 21.3 Å². The molecule has 0 saturated carbocycles. The summed E-state index contributed by atoms with van der Waals surface area (Å²) in [5.41, 5.74) is 9.19. The number of amides is 2. The van der Waals surface area contributed by atoms with Crippen molar-refractivity contribution in [1.29, 1.82) is 5.26 Å². The maximum atomic E-state index is 15.7. The van der Waals surface area contributed by atoms with Crippen LogP contribution in [0.2, 0.25) is 0 Å². The van der Waals surface area contributed by atoms with Gasteiger partial charge in [-0.25, -0.2) is 14.2 Å². The fourth-order valence-corrected chi connectivity index (χ4v) is 7.65. The number of fused-ring (bicyclic) bond motifs is 4. The number of nitriles is 1. The maximum Gasteiger partial charge on any atom is 0.410 e. The molecule has 3 atom stereocenters. The van der Waals surface area contributed by atoms with Gasteiger partial charge in [-0.2, -0.15) is 5.26 Å². The zero-order valence-corrected chi connectivity index (χ0v) is 25.1. The molecule has 3 N–H and O–H groups in total. The van der Waals surface area contributed by atoms with E-state index in [0.717, 1.165) is 23.9 Å². The van der Waals surface area contributed by atoms with E-state index >= 15 is 4.39 Å². The summed E-state index contributed by atoms with van der Waals surface area (Å²) in [5.74, 6) is -0.668. The number of anilines is 2. The van der Waals surface area contributed by atoms with Gasteiger partial charge in [0.25, 0.3) is 5.91 Å². The van der Waals surface area contributed by atoms with E-state index in [0.29, 0.717) is 70.1 Å². The molecule has 2 fully saturated rings. The van der Waals surface area contributed by atoms with Crippen molar-refractivity contribution >= 4 is 44.9 Å². The lowest BCUT2D eigenvalue weighted by Crippen LogP contribution is -2.57. The Balaban J connectivity index is 1.20. The molecule has 2 saturated heterocycles. The number of aryl methyl sites for hydroxylation is 1. The topological polar surface area (TPSA) is 125 Å². The van der Waals surface area contributed by atoms with E-state index in [1.165, 1.54) is 17.4 Å². The number of carbonyl (C=O) groups is 2. The zero-order valence-electron chi connectivity index (χ0n) is 24.3. The molecule has 1 aliphatic carbocycles. The standard InChI is InChI=1S/C31H35FN6O3S/c1-16-5-9-21-26(34)27(42-29(21)35-16)28(39)36-17-6-10-20-22(11-17)24(32)12-25(23(20)13-33)37-14-18-7-8-19(15-37)38(18)30(40)41-31(2,3)4/h5,9,12,17-19H,6-8,10-11,14-15,34H2,1-4H3,(H,36,39). The molecule has 3 aromatic rings. The number of nitrogens with two attached hydrogens (primary N) is 1. The number of nitrogen functional groups attached to an aromatic ring is 1. The molecule has 1 aromatic carbocycles. The van der Waals surface area contributed by atoms with Crippen molar-refractivity contribution in [3.63, 3.8) is 0 Å². The Hall–Kier alpha value is -3.91. The first-order valence-corrected chi connectivity index (χ1v) is 15.2. The molecule has 2 bridgehead atoms. The zero-order chi connectivity index (χ0) is 29.9. The number of halogens is 1. The van der Waals surface area contributed by atoms with Crippen LogP contribution in [-0.2, 0) is 17.6 Å². The van der Waals surface area contributed by atoms with Gasteiger partial charge < -0.3 is 20.7 Å². The number of hydrogen-bond acceptors (Lipinski definition) is 8. The molecule has 2 aliphatic heterocycles. The van der Waals surface area contributed by atoms with Crippen LogP contribution >= 0.6 is 11.3 Å². The van der Waals surface area contributed by atoms with Crippen LogP contribution in [0.3, 0.4) is 0 Å². The number of aromatic nitrogens is 1. The predicted molar refractivity (Wildman–Crippen MR) is 160 cm³/mol. The number of pyridine rings is 1. The molecule has 2 amide bonds. The van der Waals surface area contributed by atoms with Gasteiger partial charge in [-0.1, -0.05) is 0 Å². The summed E-state index contributed by atoms with van der Waals surface area (Å²) >= 11 is 1.25. The van der Waals surface area contributed by atoms with Crippen molar-refractivity contribution in [1.82, 2.24) is 15.2 Å². The van der Waals surface area contributed by atoms with Crippen LogP contribution in [0.5, 0.6) is 0 Å². The summed E-state index contributed by atoms with van der Waals surface area (Å²) < 4.78 is 21.4. The molecule has 6 rings (SSSR count). The molecule has 2 aromatic heterocycles. The summed E-state index contributed by atoms with van der Waals surface area (Å²) in [6.45, 7) is 8.49. The minimum Gasteiger partial charge on any atom is -0.444 e. The first kappa shape index (κ1) is 28.2. The summed E-state index contributed by atoms with van der Waals surface area (Å²) in [4.78, 5) is 35.6. The third kappa shape index (κ3) is 5.02. The summed E-state index contributed by atoms with van der Waals surface area (Å²) in [5, 5.41) is 14.0. The van der Waals surface area contributed by atoms with Gasteiger partial charge in [0, 0.05) is 30.2 Å². The van der Waals surface area contributed by atoms with E-state index in [-0.39, 0.29) is 35.9 Å². The van der Waals surface area contributed by atoms with E-state index in [9.17, 15) is 14.9 Å². The highest BCUT2D eigenvalue weighted by atomic mass is 32.1. The summed E-state index contributed by atoms with van der Waals surface area (Å²) in [6.07, 6.45) is 2.72. The Morgan fingerprint density at radius 1 is 1.19 bits per heavy atom. The maximum absolute atomic E-state index is 15.7. The fraction of sp³-hybridized carbons (Fsp3) is 0.484. The Morgan fingerprint density at radius 2 is 1.90 bits per heavy atom. The molecule has 42 heavy (non-hydrogen) atoms. The highest BCUT2D eigenvalue weighted by molar-refractivity contribution is 7.21. The van der Waals surface area contributed by atoms with Gasteiger partial charge in [-0.3, -0.25) is 9.69 Å². The molecular weight excluding hydrogens is 555 g/mol. The van der Waals surface area contributed by atoms with Crippen molar-refractivity contribution < 1.29 is 18.7 Å². The molecule has 4 heterocycles. The number of thiophene rings is 1. The van der Waals surface area contributed by atoms with Gasteiger partial charge >= 0.3 is 6.09 Å². The quantitative estimate of drug-likeness (QED) is 0.436. The Bertz CT molecular complexity index is 1630. The van der Waals surface area contributed by atoms with Crippen LogP contribution in [0, 0.1) is 24.1 Å². The molecule has 3 aliphatic rings. The number of hydrogen-bond donors (Lipinski definition) is 2. The van der Waals surface area contributed by atoms with E-state index < -0.39 is 5.60 Å². The first-order valence-electron chi connectivity index (χ1n) is 14.4. The second kappa shape index (κ2) is 10.4. The lowest BCUT2D eigenvalue weighted by Gasteiger charge is -2.43. The van der Waals surface area contributed by atoms with Crippen LogP contribution in [0.25, 0.3) is 10.2 Å². The van der Waals surface area contributed by atoms with Gasteiger partial charge in [0.1, 0.15) is 27.2 Å². The smallest absolute Gasteiger partial charge is 0.410 e. The number of benzene rings is 1. The van der Waals surface area contributed by atoms with Gasteiger partial charge in [0.05, 0.1) is 29.0 Å². The number of piperazine rings is 1. The highest BCUT2D eigenvalue weighted by Gasteiger charge is 2.45. The third-order valence-electron chi connectivity index (χ3n) is 8.48. The number of carbonyl (C=O) groups excluding carboxylic acids is 2. The largest absolute Gasteiger partial charge is 0.444 e. The lowest BCUT2D eigenvalue weighted by atomic mass is 9.84. The summed E-state index contributed by atoms with van der Waals surface area (Å²) in [6, 6.07) is 7.15.